The second kappa shape index (κ2) is 8.19. The molecule has 19 heavy (non-hydrogen) atoms. The van der Waals surface area contributed by atoms with E-state index in [2.05, 4.69) is 5.32 Å². The van der Waals surface area contributed by atoms with Gasteiger partial charge in [0.2, 0.25) is 5.91 Å². The van der Waals surface area contributed by atoms with E-state index in [1.54, 1.807) is 0 Å². The molecule has 0 aliphatic rings. The lowest BCUT2D eigenvalue weighted by Gasteiger charge is -2.11. The van der Waals surface area contributed by atoms with E-state index in [9.17, 15) is 4.79 Å². The number of ether oxygens (including phenoxy) is 2. The van der Waals surface area contributed by atoms with Crippen molar-refractivity contribution in [1.82, 2.24) is 5.32 Å². The van der Waals surface area contributed by atoms with Crippen LogP contribution in [0.5, 0.6) is 11.5 Å². The predicted octanol–water partition coefficient (Wildman–Crippen LogP) is 2.63. The van der Waals surface area contributed by atoms with Crippen molar-refractivity contribution >= 4 is 12.0 Å². The highest BCUT2D eigenvalue weighted by Crippen LogP contribution is 2.28. The summed E-state index contributed by atoms with van der Waals surface area (Å²) < 4.78 is 11.0. The molecule has 1 rings (SSSR count). The van der Waals surface area contributed by atoms with Gasteiger partial charge in [-0.15, -0.1) is 0 Å². The summed E-state index contributed by atoms with van der Waals surface area (Å²) in [5, 5.41) is 2.71. The monoisotopic (exact) mass is 263 g/mol. The molecular formula is C15H21NO3. The van der Waals surface area contributed by atoms with E-state index in [0.29, 0.717) is 19.8 Å². The van der Waals surface area contributed by atoms with Crippen molar-refractivity contribution in [1.29, 1.82) is 0 Å². The Morgan fingerprint density at radius 2 is 1.89 bits per heavy atom. The van der Waals surface area contributed by atoms with Crippen molar-refractivity contribution in [2.24, 2.45) is 0 Å². The summed E-state index contributed by atoms with van der Waals surface area (Å²) in [4.78, 5) is 10.7. The Labute approximate surface area is 114 Å². The lowest BCUT2D eigenvalue weighted by Crippen LogP contribution is -2.19. The van der Waals surface area contributed by atoms with Crippen LogP contribution in [0.1, 0.15) is 26.3 Å². The normalized spacial score (nSPS) is 10.5. The zero-order valence-corrected chi connectivity index (χ0v) is 11.7. The summed E-state index contributed by atoms with van der Waals surface area (Å²) in [6.07, 6.45) is 3.83. The fourth-order valence-electron chi connectivity index (χ4n) is 1.57. The van der Waals surface area contributed by atoms with E-state index in [4.69, 9.17) is 9.47 Å². The van der Waals surface area contributed by atoms with Gasteiger partial charge in [-0.3, -0.25) is 4.79 Å². The first-order valence-electron chi connectivity index (χ1n) is 6.48. The molecule has 0 heterocycles. The highest BCUT2D eigenvalue weighted by atomic mass is 16.5. The number of amides is 1. The van der Waals surface area contributed by atoms with Crippen molar-refractivity contribution in [3.05, 3.63) is 29.8 Å². The first kappa shape index (κ1) is 15.1. The Morgan fingerprint density at radius 1 is 1.21 bits per heavy atom. The fourth-order valence-corrected chi connectivity index (χ4v) is 1.57. The molecule has 1 aromatic carbocycles. The van der Waals surface area contributed by atoms with E-state index < -0.39 is 0 Å². The first-order chi connectivity index (χ1) is 9.17. The number of hydrogen-bond donors (Lipinski definition) is 1. The van der Waals surface area contributed by atoms with Gasteiger partial charge < -0.3 is 14.8 Å². The molecular weight excluding hydrogens is 242 g/mol. The highest BCUT2D eigenvalue weighted by molar-refractivity contribution is 5.73. The molecule has 1 aromatic rings. The number of benzene rings is 1. The molecule has 1 N–H and O–H groups in total. The average molecular weight is 263 g/mol. The molecule has 0 unspecified atom stereocenters. The van der Waals surface area contributed by atoms with Gasteiger partial charge in [-0.05, 0) is 31.5 Å². The number of nitrogens with one attached hydrogen (secondary N) is 1. The number of rotatable bonds is 7. The Morgan fingerprint density at radius 3 is 2.53 bits per heavy atom. The van der Waals surface area contributed by atoms with Crippen LogP contribution >= 0.6 is 0 Å². The minimum absolute atomic E-state index is 0.0358. The maximum absolute atomic E-state index is 10.7. The smallest absolute Gasteiger partial charge is 0.217 e. The number of carbonyl (C=O) groups is 1. The molecule has 4 nitrogen and oxygen atoms in total. The summed E-state index contributed by atoms with van der Waals surface area (Å²) in [7, 11) is 0. The quantitative estimate of drug-likeness (QED) is 0.822. The van der Waals surface area contributed by atoms with E-state index in [0.717, 1.165) is 17.1 Å². The Hall–Kier alpha value is -1.97. The zero-order valence-electron chi connectivity index (χ0n) is 11.7. The summed E-state index contributed by atoms with van der Waals surface area (Å²) in [6.45, 7) is 7.10. The van der Waals surface area contributed by atoms with E-state index in [-0.39, 0.29) is 5.91 Å². The van der Waals surface area contributed by atoms with Crippen LogP contribution in [0.3, 0.4) is 0 Å². The van der Waals surface area contributed by atoms with Crippen LogP contribution in [0.2, 0.25) is 0 Å². The maximum Gasteiger partial charge on any atom is 0.217 e. The first-order valence-corrected chi connectivity index (χ1v) is 6.48. The zero-order chi connectivity index (χ0) is 14.1. The van der Waals surface area contributed by atoms with Gasteiger partial charge in [0.25, 0.3) is 0 Å². The van der Waals surface area contributed by atoms with Gasteiger partial charge in [0.15, 0.2) is 11.5 Å². The Bertz CT molecular complexity index is 441. The topological polar surface area (TPSA) is 47.6 Å². The van der Waals surface area contributed by atoms with Crippen LogP contribution < -0.4 is 14.8 Å². The highest BCUT2D eigenvalue weighted by Gasteiger charge is 2.04. The largest absolute Gasteiger partial charge is 0.490 e. The third kappa shape index (κ3) is 5.46. The predicted molar refractivity (Wildman–Crippen MR) is 76.5 cm³/mol. The van der Waals surface area contributed by atoms with Crippen LogP contribution in [0, 0.1) is 0 Å². The molecule has 0 aliphatic carbocycles. The SMILES string of the molecule is CCOc1ccc(C=CCNC(C)=O)cc1OCC. The molecule has 0 saturated carbocycles. The van der Waals surface area contributed by atoms with E-state index in [1.165, 1.54) is 6.92 Å². The van der Waals surface area contributed by atoms with Crippen LogP contribution in [-0.2, 0) is 4.79 Å². The van der Waals surface area contributed by atoms with Gasteiger partial charge in [0.1, 0.15) is 0 Å². The van der Waals surface area contributed by atoms with Gasteiger partial charge in [-0.1, -0.05) is 18.2 Å². The lowest BCUT2D eigenvalue weighted by molar-refractivity contribution is -0.118. The molecule has 0 saturated heterocycles. The molecule has 0 aliphatic heterocycles. The summed E-state index contributed by atoms with van der Waals surface area (Å²) in [5.74, 6) is 1.46. The molecule has 0 aromatic heterocycles. The van der Waals surface area contributed by atoms with Crippen molar-refractivity contribution in [2.75, 3.05) is 19.8 Å². The second-order valence-corrected chi connectivity index (χ2v) is 3.91. The molecule has 4 heteroatoms. The number of carbonyl (C=O) groups excluding carboxylic acids is 1. The van der Waals surface area contributed by atoms with Gasteiger partial charge in [0.05, 0.1) is 13.2 Å². The van der Waals surface area contributed by atoms with Crippen LogP contribution in [-0.4, -0.2) is 25.7 Å². The third-order valence-electron chi connectivity index (χ3n) is 2.35. The van der Waals surface area contributed by atoms with Crippen LogP contribution in [0.15, 0.2) is 24.3 Å². The van der Waals surface area contributed by atoms with Gasteiger partial charge in [-0.2, -0.15) is 0 Å². The molecule has 1 amide bonds. The van der Waals surface area contributed by atoms with E-state index >= 15 is 0 Å². The Balaban J connectivity index is 2.74. The summed E-state index contributed by atoms with van der Waals surface area (Å²) >= 11 is 0. The second-order valence-electron chi connectivity index (χ2n) is 3.91. The fraction of sp³-hybridized carbons (Fsp3) is 0.400. The van der Waals surface area contributed by atoms with Crippen molar-refractivity contribution in [2.45, 2.75) is 20.8 Å². The minimum Gasteiger partial charge on any atom is -0.490 e. The molecule has 0 radical (unpaired) electrons. The minimum atomic E-state index is -0.0358. The maximum atomic E-state index is 10.7. The standard InChI is InChI=1S/C15H21NO3/c1-4-18-14-9-8-13(11-15(14)19-5-2)7-6-10-16-12(3)17/h6-9,11H,4-5,10H2,1-3H3,(H,16,17). The van der Waals surface area contributed by atoms with Crippen LogP contribution in [0.4, 0.5) is 0 Å². The Kier molecular flexibility index (Phi) is 6.50. The van der Waals surface area contributed by atoms with Crippen molar-refractivity contribution < 1.29 is 14.3 Å². The number of hydrogen-bond acceptors (Lipinski definition) is 3. The average Bonchev–Trinajstić information content (AvgIpc) is 2.38. The molecule has 104 valence electrons. The van der Waals surface area contributed by atoms with Crippen LogP contribution in [0.25, 0.3) is 6.08 Å². The van der Waals surface area contributed by atoms with Crippen molar-refractivity contribution in [3.8, 4) is 11.5 Å². The lowest BCUT2D eigenvalue weighted by atomic mass is 10.2. The summed E-state index contributed by atoms with van der Waals surface area (Å²) in [6, 6.07) is 5.78. The molecule has 0 spiro atoms. The van der Waals surface area contributed by atoms with Gasteiger partial charge in [0, 0.05) is 13.5 Å². The molecule has 0 atom stereocenters. The van der Waals surface area contributed by atoms with Gasteiger partial charge in [-0.25, -0.2) is 0 Å². The van der Waals surface area contributed by atoms with Gasteiger partial charge >= 0.3 is 0 Å². The van der Waals surface area contributed by atoms with Crippen molar-refractivity contribution in [3.63, 3.8) is 0 Å². The third-order valence-corrected chi connectivity index (χ3v) is 2.35. The van der Waals surface area contributed by atoms with E-state index in [1.807, 2.05) is 44.2 Å². The summed E-state index contributed by atoms with van der Waals surface area (Å²) in [5.41, 5.74) is 1.01. The molecule has 0 bridgehead atoms. The molecule has 0 fully saturated rings.